The van der Waals surface area contributed by atoms with Gasteiger partial charge in [-0.05, 0) is 37.5 Å². The third-order valence-corrected chi connectivity index (χ3v) is 4.41. The predicted octanol–water partition coefficient (Wildman–Crippen LogP) is 2.58. The van der Waals surface area contributed by atoms with Crippen LogP contribution in [0.2, 0.25) is 0 Å². The monoisotopic (exact) mass is 309 g/mol. The van der Waals surface area contributed by atoms with Crippen molar-refractivity contribution in [3.05, 3.63) is 47.8 Å². The zero-order chi connectivity index (χ0) is 16.0. The predicted molar refractivity (Wildman–Crippen MR) is 87.1 cm³/mol. The van der Waals surface area contributed by atoms with Crippen LogP contribution in [0, 0.1) is 6.92 Å². The number of imidazole rings is 2. The third-order valence-electron chi connectivity index (χ3n) is 4.41. The Morgan fingerprint density at radius 3 is 3.04 bits per heavy atom. The second kappa shape index (κ2) is 5.22. The van der Waals surface area contributed by atoms with E-state index in [1.54, 1.807) is 17.1 Å². The minimum absolute atomic E-state index is 0.00258. The number of amides is 1. The van der Waals surface area contributed by atoms with Gasteiger partial charge in [-0.15, -0.1) is 0 Å². The Morgan fingerprint density at radius 1 is 1.39 bits per heavy atom. The molecule has 3 heterocycles. The van der Waals surface area contributed by atoms with Gasteiger partial charge in [0.1, 0.15) is 11.5 Å². The highest BCUT2D eigenvalue weighted by atomic mass is 16.2. The summed E-state index contributed by atoms with van der Waals surface area (Å²) in [5.74, 6) is 0.845. The van der Waals surface area contributed by atoms with E-state index in [1.807, 2.05) is 18.0 Å². The standard InChI is InChI=1S/C17H19N5O/c1-11-5-6-12-13(8-11)20-16(19-12)15-4-3-7-22(15)17(23)14-9-21(2)10-18-14/h5-6,8-10,15H,3-4,7H2,1-2H3,(H,19,20)/t15-/m0/s1. The van der Waals surface area contributed by atoms with Crippen LogP contribution in [-0.4, -0.2) is 36.9 Å². The number of aromatic nitrogens is 4. The Morgan fingerprint density at radius 2 is 2.26 bits per heavy atom. The molecule has 0 spiro atoms. The molecule has 1 aliphatic rings. The number of benzene rings is 1. The zero-order valence-corrected chi connectivity index (χ0v) is 13.3. The van der Waals surface area contributed by atoms with Gasteiger partial charge in [0.2, 0.25) is 0 Å². The summed E-state index contributed by atoms with van der Waals surface area (Å²) in [6.07, 6.45) is 5.33. The first-order valence-electron chi connectivity index (χ1n) is 7.87. The molecule has 118 valence electrons. The van der Waals surface area contributed by atoms with Crippen LogP contribution < -0.4 is 0 Å². The Bertz CT molecular complexity index is 878. The number of nitrogens with one attached hydrogen (secondary N) is 1. The van der Waals surface area contributed by atoms with Gasteiger partial charge in [0.05, 0.1) is 23.4 Å². The van der Waals surface area contributed by atoms with Gasteiger partial charge in [0.15, 0.2) is 0 Å². The molecule has 2 aromatic heterocycles. The van der Waals surface area contributed by atoms with Crippen molar-refractivity contribution in [3.63, 3.8) is 0 Å². The lowest BCUT2D eigenvalue weighted by Crippen LogP contribution is -2.31. The number of aryl methyl sites for hydroxylation is 2. The molecule has 0 saturated carbocycles. The maximum atomic E-state index is 12.7. The summed E-state index contributed by atoms with van der Waals surface area (Å²) in [6.45, 7) is 2.81. The van der Waals surface area contributed by atoms with Crippen molar-refractivity contribution in [2.24, 2.45) is 7.05 Å². The molecule has 1 atom stereocenters. The number of H-pyrrole nitrogens is 1. The Hall–Kier alpha value is -2.63. The van der Waals surface area contributed by atoms with Crippen molar-refractivity contribution in [2.75, 3.05) is 6.54 Å². The SMILES string of the molecule is Cc1ccc2nc([C@@H]3CCCN3C(=O)c3cn(C)cn3)[nH]c2c1. The van der Waals surface area contributed by atoms with Gasteiger partial charge in [0.25, 0.3) is 5.91 Å². The van der Waals surface area contributed by atoms with E-state index in [-0.39, 0.29) is 11.9 Å². The number of hydrogen-bond acceptors (Lipinski definition) is 3. The lowest BCUT2D eigenvalue weighted by atomic mass is 10.2. The normalized spacial score (nSPS) is 18.0. The highest BCUT2D eigenvalue weighted by Gasteiger charge is 2.33. The van der Waals surface area contributed by atoms with Gasteiger partial charge in [-0.25, -0.2) is 9.97 Å². The van der Waals surface area contributed by atoms with Crippen LogP contribution in [-0.2, 0) is 7.05 Å². The number of aromatic amines is 1. The number of carbonyl (C=O) groups excluding carboxylic acids is 1. The second-order valence-corrected chi connectivity index (χ2v) is 6.22. The summed E-state index contributed by atoms with van der Waals surface area (Å²) in [5.41, 5.74) is 3.66. The first kappa shape index (κ1) is 14.0. The minimum Gasteiger partial charge on any atom is -0.340 e. The lowest BCUT2D eigenvalue weighted by molar-refractivity contribution is 0.0725. The third kappa shape index (κ3) is 2.40. The minimum atomic E-state index is -0.0234. The van der Waals surface area contributed by atoms with E-state index < -0.39 is 0 Å². The Kier molecular flexibility index (Phi) is 3.18. The molecular formula is C17H19N5O. The van der Waals surface area contributed by atoms with E-state index in [1.165, 1.54) is 5.56 Å². The van der Waals surface area contributed by atoms with Crippen molar-refractivity contribution in [3.8, 4) is 0 Å². The van der Waals surface area contributed by atoms with Crippen LogP contribution >= 0.6 is 0 Å². The van der Waals surface area contributed by atoms with Crippen LogP contribution in [0.5, 0.6) is 0 Å². The molecule has 1 amide bonds. The summed E-state index contributed by atoms with van der Waals surface area (Å²) in [4.78, 5) is 26.9. The van der Waals surface area contributed by atoms with Crippen LogP contribution in [0.1, 0.15) is 40.8 Å². The van der Waals surface area contributed by atoms with Crippen molar-refractivity contribution in [1.82, 2.24) is 24.4 Å². The summed E-state index contributed by atoms with van der Waals surface area (Å²) < 4.78 is 1.79. The van der Waals surface area contributed by atoms with Crippen LogP contribution in [0.15, 0.2) is 30.7 Å². The highest BCUT2D eigenvalue weighted by Crippen LogP contribution is 2.32. The van der Waals surface area contributed by atoms with Gasteiger partial charge in [-0.3, -0.25) is 4.79 Å². The molecule has 1 fully saturated rings. The molecule has 0 radical (unpaired) electrons. The quantitative estimate of drug-likeness (QED) is 0.791. The maximum absolute atomic E-state index is 12.7. The molecule has 4 rings (SSSR count). The number of likely N-dealkylation sites (tertiary alicyclic amines) is 1. The average Bonchev–Trinajstić information content (AvgIpc) is 3.23. The van der Waals surface area contributed by atoms with Gasteiger partial charge < -0.3 is 14.5 Å². The second-order valence-electron chi connectivity index (χ2n) is 6.22. The smallest absolute Gasteiger partial charge is 0.274 e. The molecule has 23 heavy (non-hydrogen) atoms. The Labute approximate surface area is 134 Å². The molecule has 1 aliphatic heterocycles. The highest BCUT2D eigenvalue weighted by molar-refractivity contribution is 5.92. The van der Waals surface area contributed by atoms with E-state index in [0.29, 0.717) is 5.69 Å². The number of nitrogens with zero attached hydrogens (tertiary/aromatic N) is 4. The van der Waals surface area contributed by atoms with Crippen molar-refractivity contribution in [1.29, 1.82) is 0 Å². The van der Waals surface area contributed by atoms with Gasteiger partial charge >= 0.3 is 0 Å². The Balaban J connectivity index is 1.67. The molecule has 1 aromatic carbocycles. The molecule has 6 heteroatoms. The van der Waals surface area contributed by atoms with E-state index in [4.69, 9.17) is 4.98 Å². The van der Waals surface area contributed by atoms with Gasteiger partial charge in [-0.2, -0.15) is 0 Å². The molecule has 6 nitrogen and oxygen atoms in total. The first-order valence-corrected chi connectivity index (χ1v) is 7.87. The molecule has 0 bridgehead atoms. The van der Waals surface area contributed by atoms with Crippen LogP contribution in [0.3, 0.4) is 0 Å². The molecule has 0 aliphatic carbocycles. The summed E-state index contributed by atoms with van der Waals surface area (Å²) in [7, 11) is 1.87. The molecule has 1 N–H and O–H groups in total. The summed E-state index contributed by atoms with van der Waals surface area (Å²) >= 11 is 0. The zero-order valence-electron chi connectivity index (χ0n) is 13.3. The fraction of sp³-hybridized carbons (Fsp3) is 0.353. The van der Waals surface area contributed by atoms with E-state index in [0.717, 1.165) is 36.2 Å². The van der Waals surface area contributed by atoms with E-state index in [9.17, 15) is 4.79 Å². The number of fused-ring (bicyclic) bond motifs is 1. The largest absolute Gasteiger partial charge is 0.340 e. The fourth-order valence-electron chi connectivity index (χ4n) is 3.27. The molecule has 1 saturated heterocycles. The summed E-state index contributed by atoms with van der Waals surface area (Å²) in [5, 5.41) is 0. The fourth-order valence-corrected chi connectivity index (χ4v) is 3.27. The lowest BCUT2D eigenvalue weighted by Gasteiger charge is -2.22. The topological polar surface area (TPSA) is 66.8 Å². The van der Waals surface area contributed by atoms with Crippen molar-refractivity contribution >= 4 is 16.9 Å². The number of hydrogen-bond donors (Lipinski definition) is 1. The van der Waals surface area contributed by atoms with Gasteiger partial charge in [-0.1, -0.05) is 6.07 Å². The van der Waals surface area contributed by atoms with Crippen LogP contribution in [0.4, 0.5) is 0 Å². The van der Waals surface area contributed by atoms with E-state index >= 15 is 0 Å². The summed E-state index contributed by atoms with van der Waals surface area (Å²) in [6, 6.07) is 6.16. The maximum Gasteiger partial charge on any atom is 0.274 e. The number of rotatable bonds is 2. The van der Waals surface area contributed by atoms with Crippen LogP contribution in [0.25, 0.3) is 11.0 Å². The van der Waals surface area contributed by atoms with E-state index in [2.05, 4.69) is 29.0 Å². The van der Waals surface area contributed by atoms with Crippen molar-refractivity contribution in [2.45, 2.75) is 25.8 Å². The van der Waals surface area contributed by atoms with Gasteiger partial charge in [0, 0.05) is 19.8 Å². The first-order chi connectivity index (χ1) is 11.1. The van der Waals surface area contributed by atoms with Crippen molar-refractivity contribution < 1.29 is 4.79 Å². The molecule has 0 unspecified atom stereocenters. The molecule has 3 aromatic rings. The average molecular weight is 309 g/mol. The number of carbonyl (C=O) groups is 1. The molecular weight excluding hydrogens is 290 g/mol.